The molecular weight excluding hydrogens is 519 g/mol. The summed E-state index contributed by atoms with van der Waals surface area (Å²) in [6, 6.07) is 3.62. The number of carbonyl (C=O) groups excluding carboxylic acids is 4. The van der Waals surface area contributed by atoms with Crippen molar-refractivity contribution in [3.05, 3.63) is 70.1 Å². The number of nitrogens with one attached hydrogen (secondary N) is 3. The number of aromatic nitrogens is 1. The van der Waals surface area contributed by atoms with Crippen molar-refractivity contribution in [2.45, 2.75) is 54.9 Å². The smallest absolute Gasteiger partial charge is 0.548 e. The van der Waals surface area contributed by atoms with E-state index in [1.54, 1.807) is 38.1 Å². The molecule has 5 rings (SSSR count). The van der Waals surface area contributed by atoms with Gasteiger partial charge >= 0.3 is 29.6 Å². The average molecular weight is 545 g/mol. The molecule has 3 amide bonds. The van der Waals surface area contributed by atoms with Crippen molar-refractivity contribution in [3.63, 3.8) is 0 Å². The SMILES string of the molecule is CC1(C)S[C@@H]2[C@H](NC(=O)C(NC(=O)c3c[nH]c4ccccc4c3=O)C3=CCC=CC3)C(=O)N2[C@H]1C(=O)[O-].[Na+]. The predicted octanol–water partition coefficient (Wildman–Crippen LogP) is -2.80. The first-order valence-corrected chi connectivity index (χ1v) is 12.7. The number of pyridine rings is 1. The van der Waals surface area contributed by atoms with Gasteiger partial charge in [-0.3, -0.25) is 19.2 Å². The second kappa shape index (κ2) is 10.7. The van der Waals surface area contributed by atoms with Crippen LogP contribution in [0.25, 0.3) is 10.9 Å². The summed E-state index contributed by atoms with van der Waals surface area (Å²) in [6.45, 7) is 3.43. The Hall–Kier alpha value is -2.86. The van der Waals surface area contributed by atoms with Crippen molar-refractivity contribution in [1.29, 1.82) is 0 Å². The number of nitrogens with zero attached hydrogens (tertiary/aromatic N) is 1. The first-order valence-electron chi connectivity index (χ1n) is 11.9. The third-order valence-corrected chi connectivity index (χ3v) is 8.51. The van der Waals surface area contributed by atoms with E-state index in [1.165, 1.54) is 22.9 Å². The third-order valence-electron chi connectivity index (χ3n) is 6.94. The molecule has 0 radical (unpaired) electrons. The maximum absolute atomic E-state index is 13.4. The molecule has 38 heavy (non-hydrogen) atoms. The Labute approximate surface area is 244 Å². The second-order valence-corrected chi connectivity index (χ2v) is 11.5. The summed E-state index contributed by atoms with van der Waals surface area (Å²) in [5.41, 5.74) is 0.602. The van der Waals surface area contributed by atoms with Crippen molar-refractivity contribution < 1.29 is 53.8 Å². The number of aliphatic carboxylic acids is 1. The normalized spacial score (nSPS) is 23.9. The fraction of sp³-hybridized carbons (Fsp3) is 0.346. The molecule has 1 unspecified atom stereocenters. The number of fused-ring (bicyclic) bond motifs is 2. The minimum atomic E-state index is -1.34. The number of carboxylic acid groups (broad SMARTS) is 1. The molecule has 2 saturated heterocycles. The summed E-state index contributed by atoms with van der Waals surface area (Å²) in [4.78, 5) is 68.2. The Morgan fingerprint density at radius 1 is 1.18 bits per heavy atom. The topological polar surface area (TPSA) is 152 Å². The number of benzene rings is 1. The van der Waals surface area contributed by atoms with E-state index in [1.807, 2.05) is 18.2 Å². The second-order valence-electron chi connectivity index (χ2n) is 9.74. The summed E-state index contributed by atoms with van der Waals surface area (Å²) >= 11 is 1.28. The van der Waals surface area contributed by atoms with E-state index in [9.17, 15) is 29.1 Å². The summed E-state index contributed by atoms with van der Waals surface area (Å²) in [5, 5.41) is 16.8. The number of aromatic amines is 1. The van der Waals surface area contributed by atoms with Crippen LogP contribution < -0.4 is 50.7 Å². The van der Waals surface area contributed by atoms with Gasteiger partial charge in [0, 0.05) is 21.8 Å². The monoisotopic (exact) mass is 544 g/mol. The number of hydrogen-bond donors (Lipinski definition) is 3. The molecule has 3 N–H and O–H groups in total. The van der Waals surface area contributed by atoms with Gasteiger partial charge in [0.05, 0.1) is 12.0 Å². The molecule has 192 valence electrons. The van der Waals surface area contributed by atoms with Crippen molar-refractivity contribution in [2.24, 2.45) is 0 Å². The number of thioether (sulfide) groups is 1. The molecular formula is C26H25N4NaO6S. The Bertz CT molecular complexity index is 1450. The van der Waals surface area contributed by atoms with E-state index in [-0.39, 0.29) is 35.1 Å². The van der Waals surface area contributed by atoms with Crippen LogP contribution in [-0.2, 0) is 14.4 Å². The maximum Gasteiger partial charge on any atom is 1.00 e. The van der Waals surface area contributed by atoms with Gasteiger partial charge in [0.1, 0.15) is 23.0 Å². The fourth-order valence-electron chi connectivity index (χ4n) is 5.09. The molecule has 12 heteroatoms. The van der Waals surface area contributed by atoms with Gasteiger partial charge in [-0.1, -0.05) is 30.4 Å². The van der Waals surface area contributed by atoms with E-state index < -0.39 is 57.4 Å². The number of H-pyrrole nitrogens is 1. The summed E-state index contributed by atoms with van der Waals surface area (Å²) < 4.78 is -0.792. The van der Waals surface area contributed by atoms with Crippen LogP contribution in [0, 0.1) is 0 Å². The van der Waals surface area contributed by atoms with Gasteiger partial charge in [0.15, 0.2) is 0 Å². The molecule has 4 atom stereocenters. The van der Waals surface area contributed by atoms with Crippen LogP contribution >= 0.6 is 11.8 Å². The number of rotatable bonds is 6. The molecule has 10 nitrogen and oxygen atoms in total. The molecule has 2 aliphatic heterocycles. The van der Waals surface area contributed by atoms with Crippen LogP contribution in [0.4, 0.5) is 0 Å². The first-order chi connectivity index (χ1) is 17.6. The van der Waals surface area contributed by atoms with Crippen LogP contribution in [0.2, 0.25) is 0 Å². The molecule has 3 heterocycles. The van der Waals surface area contributed by atoms with Crippen molar-refractivity contribution in [1.82, 2.24) is 20.5 Å². The van der Waals surface area contributed by atoms with E-state index in [0.29, 0.717) is 29.3 Å². The number of carboxylic acids is 1. The van der Waals surface area contributed by atoms with Crippen LogP contribution in [0.5, 0.6) is 0 Å². The summed E-state index contributed by atoms with van der Waals surface area (Å²) in [5.74, 6) is -3.19. The minimum Gasteiger partial charge on any atom is -0.548 e. The molecule has 1 aliphatic carbocycles. The molecule has 1 aromatic heterocycles. The number of β-lactam (4-membered cyclic amide) rings is 1. The molecule has 0 bridgehead atoms. The number of para-hydroxylation sites is 1. The molecule has 2 aromatic rings. The van der Waals surface area contributed by atoms with Crippen molar-refractivity contribution >= 4 is 46.4 Å². The standard InChI is InChI=1S/C26H26N4O6S.Na/c1-26(2)20(25(35)36)30-23(34)18(24(30)37-26)29-22(33)17(13-8-4-3-5-9-13)28-21(32)15-12-27-16-11-7-6-10-14(16)19(15)31;/h3-4,6-7,9-12,17-18,20,24H,5,8H2,1-2H3,(H,27,31)(H,28,32)(H,29,33)(H,35,36);/q;+1/p-1/t17?,18-,20+,24-;/m1./s1. The number of amides is 3. The van der Waals surface area contributed by atoms with Gasteiger partial charge in [0.2, 0.25) is 17.2 Å². The molecule has 2 fully saturated rings. The Balaban J connectivity index is 0.00000336. The summed E-state index contributed by atoms with van der Waals surface area (Å²) in [7, 11) is 0. The van der Waals surface area contributed by atoms with Gasteiger partial charge in [0.25, 0.3) is 5.91 Å². The minimum absolute atomic E-state index is 0. The Morgan fingerprint density at radius 3 is 2.61 bits per heavy atom. The van der Waals surface area contributed by atoms with Crippen molar-refractivity contribution in [3.8, 4) is 0 Å². The molecule has 0 spiro atoms. The molecule has 3 aliphatic rings. The zero-order valence-corrected chi connectivity index (χ0v) is 24.0. The maximum atomic E-state index is 13.4. The van der Waals surface area contributed by atoms with Crippen LogP contribution in [0.15, 0.2) is 59.1 Å². The average Bonchev–Trinajstić information content (AvgIpc) is 3.14. The summed E-state index contributed by atoms with van der Waals surface area (Å²) in [6.07, 6.45) is 7.93. The Kier molecular flexibility index (Phi) is 7.94. The third kappa shape index (κ3) is 4.84. The van der Waals surface area contributed by atoms with Crippen molar-refractivity contribution in [2.75, 3.05) is 0 Å². The van der Waals surface area contributed by atoms with E-state index >= 15 is 0 Å². The zero-order valence-electron chi connectivity index (χ0n) is 21.1. The van der Waals surface area contributed by atoms with Gasteiger partial charge in [-0.2, -0.15) is 0 Å². The van der Waals surface area contributed by atoms with Crippen LogP contribution in [0.3, 0.4) is 0 Å². The molecule has 0 saturated carbocycles. The largest absolute Gasteiger partial charge is 1.00 e. The number of allylic oxidation sites excluding steroid dienone is 3. The quantitative estimate of drug-likeness (QED) is 0.202. The fourth-order valence-corrected chi connectivity index (χ4v) is 6.71. The van der Waals surface area contributed by atoms with E-state index in [0.717, 1.165) is 0 Å². The van der Waals surface area contributed by atoms with E-state index in [4.69, 9.17) is 0 Å². The van der Waals surface area contributed by atoms with Gasteiger partial charge < -0.3 is 30.4 Å². The van der Waals surface area contributed by atoms with Gasteiger partial charge in [-0.25, -0.2) is 0 Å². The van der Waals surface area contributed by atoms with Gasteiger partial charge in [-0.05, 0) is 44.4 Å². The van der Waals surface area contributed by atoms with E-state index in [2.05, 4.69) is 15.6 Å². The number of hydrogen-bond acceptors (Lipinski definition) is 7. The van der Waals surface area contributed by atoms with Gasteiger partial charge in [-0.15, -0.1) is 11.8 Å². The van der Waals surface area contributed by atoms with Crippen LogP contribution in [0.1, 0.15) is 37.0 Å². The predicted molar refractivity (Wildman–Crippen MR) is 135 cm³/mol. The number of carbonyl (C=O) groups is 4. The molecule has 1 aromatic carbocycles. The zero-order chi connectivity index (χ0) is 26.5. The Morgan fingerprint density at radius 2 is 1.92 bits per heavy atom. The first kappa shape index (κ1) is 28.2. The van der Waals surface area contributed by atoms with Crippen LogP contribution in [-0.4, -0.2) is 61.8 Å².